The fourth-order valence-corrected chi connectivity index (χ4v) is 1.67. The molecule has 0 saturated carbocycles. The van der Waals surface area contributed by atoms with Crippen LogP contribution in [0.15, 0.2) is 34.8 Å². The number of ether oxygens (including phenoxy) is 1. The highest BCUT2D eigenvalue weighted by Crippen LogP contribution is 2.26. The highest BCUT2D eigenvalue weighted by atomic mass is 79.9. The number of aromatic nitrogens is 1. The van der Waals surface area contributed by atoms with Crippen LogP contribution in [-0.4, -0.2) is 16.1 Å². The molecule has 0 aliphatic heterocycles. The third-order valence-electron chi connectivity index (χ3n) is 2.38. The van der Waals surface area contributed by atoms with Crippen molar-refractivity contribution in [3.05, 3.63) is 51.9 Å². The lowest BCUT2D eigenvalue weighted by atomic mass is 10.2. The molecule has 0 aliphatic carbocycles. The van der Waals surface area contributed by atoms with Gasteiger partial charge in [-0.05, 0) is 47.1 Å². The summed E-state index contributed by atoms with van der Waals surface area (Å²) in [7, 11) is 0. The van der Waals surface area contributed by atoms with Gasteiger partial charge in [0.25, 0.3) is 0 Å². The standard InChI is InChI=1S/C13H9BrFNO3/c1-7-10(14)3-5-12(16-7)19-11-4-2-8(15)6-9(11)13(17)18/h2-6H,1H3,(H,17,18). The monoisotopic (exact) mass is 325 g/mol. The van der Waals surface area contributed by atoms with Crippen molar-refractivity contribution < 1.29 is 19.0 Å². The van der Waals surface area contributed by atoms with Crippen LogP contribution in [0, 0.1) is 12.7 Å². The summed E-state index contributed by atoms with van der Waals surface area (Å²) in [5.41, 5.74) is 0.457. The molecule has 4 nitrogen and oxygen atoms in total. The predicted octanol–water partition coefficient (Wildman–Crippen LogP) is 3.78. The molecular formula is C13H9BrFNO3. The molecule has 0 amide bonds. The van der Waals surface area contributed by atoms with E-state index in [0.717, 1.165) is 16.6 Å². The van der Waals surface area contributed by atoms with Crippen LogP contribution in [0.3, 0.4) is 0 Å². The summed E-state index contributed by atoms with van der Waals surface area (Å²) < 4.78 is 19.2. The fourth-order valence-electron chi connectivity index (χ4n) is 1.45. The van der Waals surface area contributed by atoms with Gasteiger partial charge in [-0.15, -0.1) is 0 Å². The third-order valence-corrected chi connectivity index (χ3v) is 3.22. The lowest BCUT2D eigenvalue weighted by Gasteiger charge is -2.09. The van der Waals surface area contributed by atoms with Crippen LogP contribution in [0.4, 0.5) is 4.39 Å². The van der Waals surface area contributed by atoms with Gasteiger partial charge in [-0.3, -0.25) is 0 Å². The maximum absolute atomic E-state index is 13.0. The highest BCUT2D eigenvalue weighted by molar-refractivity contribution is 9.10. The Bertz CT molecular complexity index is 646. The molecule has 2 aromatic rings. The van der Waals surface area contributed by atoms with Gasteiger partial charge >= 0.3 is 5.97 Å². The van der Waals surface area contributed by atoms with Gasteiger partial charge in [-0.25, -0.2) is 14.2 Å². The summed E-state index contributed by atoms with van der Waals surface area (Å²) in [4.78, 5) is 15.1. The molecule has 1 aromatic heterocycles. The van der Waals surface area contributed by atoms with Crippen LogP contribution in [0.5, 0.6) is 11.6 Å². The second-order valence-electron chi connectivity index (χ2n) is 3.76. The first kappa shape index (κ1) is 13.5. The van der Waals surface area contributed by atoms with Crippen LogP contribution in [0.2, 0.25) is 0 Å². The molecule has 0 spiro atoms. The molecule has 0 atom stereocenters. The molecule has 19 heavy (non-hydrogen) atoms. The number of pyridine rings is 1. The minimum absolute atomic E-state index is 0.0446. The van der Waals surface area contributed by atoms with E-state index in [1.165, 1.54) is 6.07 Å². The van der Waals surface area contributed by atoms with E-state index in [1.807, 2.05) is 0 Å². The van der Waals surface area contributed by atoms with Crippen molar-refractivity contribution in [2.75, 3.05) is 0 Å². The number of rotatable bonds is 3. The molecule has 0 saturated heterocycles. The fraction of sp³-hybridized carbons (Fsp3) is 0.0769. The van der Waals surface area contributed by atoms with Crippen molar-refractivity contribution in [3.63, 3.8) is 0 Å². The van der Waals surface area contributed by atoms with Crippen LogP contribution in [0.25, 0.3) is 0 Å². The SMILES string of the molecule is Cc1nc(Oc2ccc(F)cc2C(=O)O)ccc1Br. The van der Waals surface area contributed by atoms with E-state index in [1.54, 1.807) is 19.1 Å². The first-order chi connectivity index (χ1) is 8.97. The second kappa shape index (κ2) is 5.36. The summed E-state index contributed by atoms with van der Waals surface area (Å²) in [6.45, 7) is 1.78. The molecule has 1 aromatic carbocycles. The van der Waals surface area contributed by atoms with Crippen molar-refractivity contribution in [2.45, 2.75) is 6.92 Å². The van der Waals surface area contributed by atoms with E-state index in [0.29, 0.717) is 5.69 Å². The number of hydrogen-bond donors (Lipinski definition) is 1. The van der Waals surface area contributed by atoms with Gasteiger partial charge in [0.1, 0.15) is 17.1 Å². The number of carboxylic acids is 1. The Kier molecular flexibility index (Phi) is 3.80. The van der Waals surface area contributed by atoms with Crippen LogP contribution in [0.1, 0.15) is 16.1 Å². The smallest absolute Gasteiger partial charge is 0.339 e. The number of carbonyl (C=O) groups is 1. The van der Waals surface area contributed by atoms with Gasteiger partial charge in [0.2, 0.25) is 5.88 Å². The lowest BCUT2D eigenvalue weighted by molar-refractivity contribution is 0.0693. The Morgan fingerprint density at radius 3 is 2.74 bits per heavy atom. The van der Waals surface area contributed by atoms with Crippen molar-refractivity contribution in [2.24, 2.45) is 0 Å². The van der Waals surface area contributed by atoms with E-state index in [-0.39, 0.29) is 17.2 Å². The Labute approximate surface area is 117 Å². The topological polar surface area (TPSA) is 59.4 Å². The largest absolute Gasteiger partial charge is 0.478 e. The maximum atomic E-state index is 13.0. The lowest BCUT2D eigenvalue weighted by Crippen LogP contribution is -2.01. The Balaban J connectivity index is 2.37. The number of nitrogens with zero attached hydrogens (tertiary/aromatic N) is 1. The molecule has 0 radical (unpaired) electrons. The second-order valence-corrected chi connectivity index (χ2v) is 4.62. The first-order valence-electron chi connectivity index (χ1n) is 5.31. The third kappa shape index (κ3) is 3.08. The molecule has 0 fully saturated rings. The van der Waals surface area contributed by atoms with Gasteiger partial charge in [0, 0.05) is 10.5 Å². The molecule has 6 heteroatoms. The summed E-state index contributed by atoms with van der Waals surface area (Å²) in [5, 5.41) is 8.99. The molecule has 98 valence electrons. The highest BCUT2D eigenvalue weighted by Gasteiger charge is 2.14. The molecule has 1 heterocycles. The van der Waals surface area contributed by atoms with Crippen molar-refractivity contribution in [1.29, 1.82) is 0 Å². The van der Waals surface area contributed by atoms with Gasteiger partial charge in [0.15, 0.2) is 0 Å². The van der Waals surface area contributed by atoms with E-state index in [2.05, 4.69) is 20.9 Å². The average Bonchev–Trinajstić information content (AvgIpc) is 2.36. The van der Waals surface area contributed by atoms with Gasteiger partial charge in [-0.1, -0.05) is 0 Å². The quantitative estimate of drug-likeness (QED) is 0.932. The molecule has 1 N–H and O–H groups in total. The van der Waals surface area contributed by atoms with E-state index >= 15 is 0 Å². The number of benzene rings is 1. The molecule has 2 rings (SSSR count). The average molecular weight is 326 g/mol. The van der Waals surface area contributed by atoms with E-state index in [4.69, 9.17) is 9.84 Å². The van der Waals surface area contributed by atoms with E-state index in [9.17, 15) is 9.18 Å². The summed E-state index contributed by atoms with van der Waals surface area (Å²) in [6.07, 6.45) is 0. The number of aryl methyl sites for hydroxylation is 1. The van der Waals surface area contributed by atoms with Crippen LogP contribution < -0.4 is 4.74 Å². The van der Waals surface area contributed by atoms with Crippen molar-refractivity contribution in [3.8, 4) is 11.6 Å². The van der Waals surface area contributed by atoms with Gasteiger partial charge < -0.3 is 9.84 Å². The maximum Gasteiger partial charge on any atom is 0.339 e. The molecule has 0 bridgehead atoms. The Morgan fingerprint density at radius 1 is 1.37 bits per heavy atom. The summed E-state index contributed by atoms with van der Waals surface area (Å²) in [5.74, 6) is -1.61. The Morgan fingerprint density at radius 2 is 2.11 bits per heavy atom. The molecular weight excluding hydrogens is 317 g/mol. The first-order valence-corrected chi connectivity index (χ1v) is 6.10. The zero-order valence-corrected chi connectivity index (χ0v) is 11.4. The molecule has 0 unspecified atom stereocenters. The van der Waals surface area contributed by atoms with Crippen LogP contribution >= 0.6 is 15.9 Å². The number of aromatic carboxylic acids is 1. The predicted molar refractivity (Wildman–Crippen MR) is 70.1 cm³/mol. The number of hydrogen-bond acceptors (Lipinski definition) is 3. The summed E-state index contributed by atoms with van der Waals surface area (Å²) >= 11 is 3.30. The zero-order chi connectivity index (χ0) is 14.0. The van der Waals surface area contributed by atoms with Gasteiger partial charge in [-0.2, -0.15) is 0 Å². The minimum atomic E-state index is -1.26. The Hall–Kier alpha value is -1.95. The number of carboxylic acid groups (broad SMARTS) is 1. The van der Waals surface area contributed by atoms with E-state index < -0.39 is 11.8 Å². The normalized spacial score (nSPS) is 10.3. The summed E-state index contributed by atoms with van der Waals surface area (Å²) in [6, 6.07) is 6.63. The zero-order valence-electron chi connectivity index (χ0n) is 9.85. The van der Waals surface area contributed by atoms with Crippen molar-refractivity contribution in [1.82, 2.24) is 4.98 Å². The minimum Gasteiger partial charge on any atom is -0.478 e. The van der Waals surface area contributed by atoms with Crippen LogP contribution in [-0.2, 0) is 0 Å². The molecule has 0 aliphatic rings. The van der Waals surface area contributed by atoms with Crippen molar-refractivity contribution >= 4 is 21.9 Å². The number of halogens is 2. The van der Waals surface area contributed by atoms with Gasteiger partial charge in [0.05, 0.1) is 5.69 Å².